The number of halogens is 3. The summed E-state index contributed by atoms with van der Waals surface area (Å²) < 4.78 is 37.8. The summed E-state index contributed by atoms with van der Waals surface area (Å²) in [6.07, 6.45) is -1.84. The van der Waals surface area contributed by atoms with Crippen LogP contribution in [-0.4, -0.2) is 6.04 Å². The zero-order valence-electron chi connectivity index (χ0n) is 9.17. The molecule has 0 heterocycles. The Hall–Kier alpha value is -0.680. The van der Waals surface area contributed by atoms with Crippen molar-refractivity contribution in [1.82, 2.24) is 0 Å². The Morgan fingerprint density at radius 2 is 1.88 bits per heavy atom. The van der Waals surface area contributed by atoms with Gasteiger partial charge in [-0.15, -0.1) is 12.6 Å². The van der Waals surface area contributed by atoms with Crippen molar-refractivity contribution in [3.8, 4) is 0 Å². The van der Waals surface area contributed by atoms with Gasteiger partial charge in [-0.3, -0.25) is 0 Å². The van der Waals surface area contributed by atoms with Crippen LogP contribution in [0.5, 0.6) is 0 Å². The van der Waals surface area contributed by atoms with Gasteiger partial charge in [0.2, 0.25) is 0 Å². The highest BCUT2D eigenvalue weighted by Gasteiger charge is 2.32. The maximum absolute atomic E-state index is 12.6. The fourth-order valence-electron chi connectivity index (χ4n) is 2.24. The maximum Gasteiger partial charge on any atom is 0.416 e. The summed E-state index contributed by atoms with van der Waals surface area (Å²) in [7, 11) is 0. The third-order valence-corrected chi connectivity index (χ3v) is 3.36. The van der Waals surface area contributed by atoms with Crippen LogP contribution in [0.4, 0.5) is 13.2 Å². The van der Waals surface area contributed by atoms with E-state index in [-0.39, 0.29) is 6.04 Å². The Kier molecular flexibility index (Phi) is 3.41. The minimum absolute atomic E-state index is 0.223. The van der Waals surface area contributed by atoms with Crippen molar-refractivity contribution in [2.75, 3.05) is 0 Å². The summed E-state index contributed by atoms with van der Waals surface area (Å²) in [5.74, 6) is 0.418. The van der Waals surface area contributed by atoms with Gasteiger partial charge in [-0.05, 0) is 48.9 Å². The van der Waals surface area contributed by atoms with Gasteiger partial charge >= 0.3 is 6.18 Å². The topological polar surface area (TPSA) is 26.0 Å². The van der Waals surface area contributed by atoms with Crippen molar-refractivity contribution < 1.29 is 13.2 Å². The van der Waals surface area contributed by atoms with Gasteiger partial charge < -0.3 is 5.73 Å². The molecule has 0 radical (unpaired) electrons. The quantitative estimate of drug-likeness (QED) is 0.785. The number of rotatable bonds is 2. The molecule has 0 bridgehead atoms. The second kappa shape index (κ2) is 4.53. The fraction of sp³-hybridized carbons (Fsp3) is 0.500. The Balaban J connectivity index is 2.14. The van der Waals surface area contributed by atoms with E-state index in [0.717, 1.165) is 18.9 Å². The molecule has 5 heteroatoms. The van der Waals surface area contributed by atoms with E-state index in [1.165, 1.54) is 6.07 Å². The number of hydrogen-bond acceptors (Lipinski definition) is 2. The van der Waals surface area contributed by atoms with Crippen LogP contribution in [-0.2, 0) is 12.6 Å². The highest BCUT2D eigenvalue weighted by molar-refractivity contribution is 7.80. The predicted octanol–water partition coefficient (Wildman–Crippen LogP) is 3.27. The Morgan fingerprint density at radius 3 is 2.41 bits per heavy atom. The van der Waals surface area contributed by atoms with E-state index in [1.807, 2.05) is 0 Å². The van der Waals surface area contributed by atoms with E-state index in [0.29, 0.717) is 22.8 Å². The number of benzene rings is 1. The molecule has 1 saturated carbocycles. The van der Waals surface area contributed by atoms with Gasteiger partial charge in [-0.25, -0.2) is 0 Å². The predicted molar refractivity (Wildman–Crippen MR) is 63.1 cm³/mol. The van der Waals surface area contributed by atoms with Crippen molar-refractivity contribution >= 4 is 12.6 Å². The Labute approximate surface area is 104 Å². The molecule has 0 amide bonds. The molecule has 1 aromatic carbocycles. The van der Waals surface area contributed by atoms with Crippen LogP contribution in [0.3, 0.4) is 0 Å². The molecule has 17 heavy (non-hydrogen) atoms. The van der Waals surface area contributed by atoms with E-state index in [2.05, 4.69) is 12.6 Å². The van der Waals surface area contributed by atoms with E-state index >= 15 is 0 Å². The second-order valence-corrected chi connectivity index (χ2v) is 5.20. The zero-order valence-corrected chi connectivity index (χ0v) is 10.1. The van der Waals surface area contributed by atoms with Gasteiger partial charge in [-0.2, -0.15) is 13.2 Å². The molecule has 0 atom stereocenters. The van der Waals surface area contributed by atoms with E-state index < -0.39 is 11.7 Å². The van der Waals surface area contributed by atoms with Gasteiger partial charge in [0.25, 0.3) is 0 Å². The van der Waals surface area contributed by atoms with Gasteiger partial charge in [0, 0.05) is 10.9 Å². The largest absolute Gasteiger partial charge is 0.416 e. The Morgan fingerprint density at radius 1 is 1.24 bits per heavy atom. The van der Waals surface area contributed by atoms with Crippen molar-refractivity contribution in [3.05, 3.63) is 29.3 Å². The zero-order chi connectivity index (χ0) is 12.6. The molecular formula is C12H14F3NS. The molecule has 1 fully saturated rings. The molecule has 0 saturated heterocycles. The van der Waals surface area contributed by atoms with Crippen LogP contribution in [0.15, 0.2) is 23.1 Å². The normalized spacial score (nSPS) is 24.5. The first kappa shape index (κ1) is 12.8. The van der Waals surface area contributed by atoms with Crippen LogP contribution in [0.2, 0.25) is 0 Å². The maximum atomic E-state index is 12.6. The van der Waals surface area contributed by atoms with E-state index in [9.17, 15) is 13.2 Å². The number of thiol groups is 1. The lowest BCUT2D eigenvalue weighted by molar-refractivity contribution is -0.137. The van der Waals surface area contributed by atoms with Crippen LogP contribution < -0.4 is 5.73 Å². The molecular weight excluding hydrogens is 247 g/mol. The first-order chi connectivity index (χ1) is 7.84. The minimum atomic E-state index is -4.30. The first-order valence-corrected chi connectivity index (χ1v) is 5.95. The lowest BCUT2D eigenvalue weighted by Gasteiger charge is -2.32. The molecule has 94 valence electrons. The summed E-state index contributed by atoms with van der Waals surface area (Å²) >= 11 is 4.02. The summed E-state index contributed by atoms with van der Waals surface area (Å²) in [6, 6.07) is 4.19. The lowest BCUT2D eigenvalue weighted by atomic mass is 9.77. The molecule has 0 spiro atoms. The number of nitrogens with two attached hydrogens (primary N) is 1. The highest BCUT2D eigenvalue weighted by Crippen LogP contribution is 2.34. The molecule has 1 aromatic rings. The molecule has 0 aromatic heterocycles. The van der Waals surface area contributed by atoms with Crippen molar-refractivity contribution in [2.24, 2.45) is 11.7 Å². The third-order valence-electron chi connectivity index (χ3n) is 3.10. The van der Waals surface area contributed by atoms with Crippen molar-refractivity contribution in [1.29, 1.82) is 0 Å². The monoisotopic (exact) mass is 261 g/mol. The van der Waals surface area contributed by atoms with Crippen molar-refractivity contribution in [2.45, 2.75) is 36.4 Å². The van der Waals surface area contributed by atoms with Crippen LogP contribution in [0, 0.1) is 5.92 Å². The SMILES string of the molecule is NC1CC(Cc2cc(S)cc(C(F)(F)F)c2)C1. The summed E-state index contributed by atoms with van der Waals surface area (Å²) in [5.41, 5.74) is 5.73. The molecule has 1 nitrogen and oxygen atoms in total. The third kappa shape index (κ3) is 3.16. The molecule has 0 aliphatic heterocycles. The molecule has 1 aliphatic carbocycles. The average Bonchev–Trinajstić information content (AvgIpc) is 2.13. The van der Waals surface area contributed by atoms with Crippen LogP contribution in [0.25, 0.3) is 0 Å². The second-order valence-electron chi connectivity index (χ2n) is 4.69. The minimum Gasteiger partial charge on any atom is -0.328 e. The van der Waals surface area contributed by atoms with Gasteiger partial charge in [0.15, 0.2) is 0 Å². The summed E-state index contributed by atoms with van der Waals surface area (Å²) in [5, 5.41) is 0. The van der Waals surface area contributed by atoms with Crippen LogP contribution in [0.1, 0.15) is 24.0 Å². The first-order valence-electron chi connectivity index (χ1n) is 5.50. The smallest absolute Gasteiger partial charge is 0.328 e. The standard InChI is InChI=1S/C12H14F3NS/c13-12(14,15)9-2-7(5-11(17)6-9)1-8-3-10(16)4-8/h2,5-6,8,10,17H,1,3-4,16H2. The fourth-order valence-corrected chi connectivity index (χ4v) is 2.55. The van der Waals surface area contributed by atoms with E-state index in [4.69, 9.17) is 5.73 Å². The average molecular weight is 261 g/mol. The van der Waals surface area contributed by atoms with Gasteiger partial charge in [-0.1, -0.05) is 0 Å². The van der Waals surface area contributed by atoms with Crippen molar-refractivity contribution in [3.63, 3.8) is 0 Å². The van der Waals surface area contributed by atoms with Crippen LogP contribution >= 0.6 is 12.6 Å². The molecule has 2 rings (SSSR count). The van der Waals surface area contributed by atoms with E-state index in [1.54, 1.807) is 6.07 Å². The number of hydrogen-bond donors (Lipinski definition) is 2. The van der Waals surface area contributed by atoms with Gasteiger partial charge in [0.1, 0.15) is 0 Å². The summed E-state index contributed by atoms with van der Waals surface area (Å²) in [4.78, 5) is 0.360. The highest BCUT2D eigenvalue weighted by atomic mass is 32.1. The number of alkyl halides is 3. The summed E-state index contributed by atoms with van der Waals surface area (Å²) in [6.45, 7) is 0. The lowest BCUT2D eigenvalue weighted by Crippen LogP contribution is -2.37. The molecule has 2 N–H and O–H groups in total. The molecule has 0 unspecified atom stereocenters. The Bertz CT molecular complexity index is 411. The van der Waals surface area contributed by atoms with Gasteiger partial charge in [0.05, 0.1) is 5.56 Å². The molecule has 1 aliphatic rings.